The van der Waals surface area contributed by atoms with Gasteiger partial charge in [-0.25, -0.2) is 0 Å². The zero-order valence-electron chi connectivity index (χ0n) is 28.1. The summed E-state index contributed by atoms with van der Waals surface area (Å²) in [7, 11) is 0.602. The van der Waals surface area contributed by atoms with Gasteiger partial charge in [-0.2, -0.15) is 5.26 Å². The van der Waals surface area contributed by atoms with Gasteiger partial charge >= 0.3 is 0 Å². The normalized spacial score (nSPS) is 22.8. The highest BCUT2D eigenvalue weighted by molar-refractivity contribution is 6.99. The summed E-state index contributed by atoms with van der Waals surface area (Å²) in [6.45, 7) is 13.9. The first kappa shape index (κ1) is 36.1. The fourth-order valence-corrected chi connectivity index (χ4v) is 10.8. The molecule has 0 bridgehead atoms. The van der Waals surface area contributed by atoms with E-state index in [1.54, 1.807) is 14.2 Å². The van der Waals surface area contributed by atoms with Crippen LogP contribution in [0.2, 0.25) is 5.04 Å². The minimum Gasteiger partial charge on any atom is -0.404 e. The van der Waals surface area contributed by atoms with Gasteiger partial charge in [0, 0.05) is 14.2 Å². The molecule has 1 aliphatic heterocycles. The molecule has 0 unspecified atom stereocenters. The standard InChI is InChI=1S/C36H53NO6Si/c1-29(22-26-42-44(34(2,3)4,30-15-11-9-12-16-30)31-17-13-10-14-18-31)19-20-32-35(5,40-27-38-7)23-21-33(43-32)36(6,24-25-37)41-28-39-8/h9-18,22,32-33H,19-21,23-24,26-28H2,1-8H3/b29-22+/t32-,33+,35+,36-/m1/s1. The van der Waals surface area contributed by atoms with Crippen LogP contribution in [0.3, 0.4) is 0 Å². The lowest BCUT2D eigenvalue weighted by molar-refractivity contribution is -0.263. The van der Waals surface area contributed by atoms with Crippen LogP contribution >= 0.6 is 0 Å². The average Bonchev–Trinajstić information content (AvgIpc) is 3.01. The smallest absolute Gasteiger partial charge is 0.261 e. The Morgan fingerprint density at radius 2 is 1.59 bits per heavy atom. The van der Waals surface area contributed by atoms with Gasteiger partial charge in [0.15, 0.2) is 0 Å². The van der Waals surface area contributed by atoms with E-state index in [1.807, 2.05) is 6.92 Å². The van der Waals surface area contributed by atoms with Crippen molar-refractivity contribution in [2.24, 2.45) is 0 Å². The summed E-state index contributed by atoms with van der Waals surface area (Å²) in [6, 6.07) is 23.7. The second-order valence-corrected chi connectivity index (χ2v) is 17.6. The molecule has 2 aromatic carbocycles. The first-order chi connectivity index (χ1) is 21.0. The van der Waals surface area contributed by atoms with E-state index < -0.39 is 19.5 Å². The summed E-state index contributed by atoms with van der Waals surface area (Å²) in [5, 5.41) is 12.0. The molecule has 1 aliphatic rings. The number of ether oxygens (including phenoxy) is 5. The van der Waals surface area contributed by atoms with Crippen molar-refractivity contribution in [1.29, 1.82) is 5.26 Å². The van der Waals surface area contributed by atoms with E-state index in [9.17, 15) is 5.26 Å². The number of nitrogens with zero attached hydrogens (tertiary/aromatic N) is 1. The first-order valence-electron chi connectivity index (χ1n) is 15.6. The largest absolute Gasteiger partial charge is 0.404 e. The molecule has 1 heterocycles. The summed E-state index contributed by atoms with van der Waals surface area (Å²) >= 11 is 0. The molecule has 0 radical (unpaired) electrons. The first-order valence-corrected chi connectivity index (χ1v) is 17.6. The van der Waals surface area contributed by atoms with Crippen molar-refractivity contribution in [1.82, 2.24) is 0 Å². The van der Waals surface area contributed by atoms with Crippen LogP contribution in [0.5, 0.6) is 0 Å². The van der Waals surface area contributed by atoms with Gasteiger partial charge in [-0.3, -0.25) is 0 Å². The topological polar surface area (TPSA) is 79.2 Å². The van der Waals surface area contributed by atoms with Crippen LogP contribution in [0, 0.1) is 11.3 Å². The Kier molecular flexibility index (Phi) is 13.4. The van der Waals surface area contributed by atoms with E-state index in [1.165, 1.54) is 15.9 Å². The van der Waals surface area contributed by atoms with Gasteiger partial charge < -0.3 is 28.1 Å². The van der Waals surface area contributed by atoms with Crippen LogP contribution in [0.1, 0.15) is 73.6 Å². The third-order valence-corrected chi connectivity index (χ3v) is 14.0. The Balaban J connectivity index is 1.80. The summed E-state index contributed by atoms with van der Waals surface area (Å²) in [4.78, 5) is 0. The monoisotopic (exact) mass is 623 g/mol. The van der Waals surface area contributed by atoms with E-state index in [0.717, 1.165) is 19.3 Å². The lowest BCUT2D eigenvalue weighted by atomic mass is 9.80. The van der Waals surface area contributed by atoms with Crippen molar-refractivity contribution in [2.75, 3.05) is 34.4 Å². The number of hydrogen-bond acceptors (Lipinski definition) is 7. The molecule has 0 spiro atoms. The molecule has 4 atom stereocenters. The van der Waals surface area contributed by atoms with Crippen molar-refractivity contribution in [3.05, 3.63) is 72.3 Å². The molecule has 1 saturated heterocycles. The van der Waals surface area contributed by atoms with Gasteiger partial charge in [-0.1, -0.05) is 93.1 Å². The van der Waals surface area contributed by atoms with Crippen molar-refractivity contribution >= 4 is 18.7 Å². The summed E-state index contributed by atoms with van der Waals surface area (Å²) in [5.41, 5.74) is -0.0641. The SMILES string of the molecule is COCO[C@](C)(CC#N)[C@@H]1CC[C@](C)(OCOC)[C@@H](CC/C(C)=C/CO[Si](c2ccccc2)(c2ccccc2)C(C)(C)C)O1. The predicted molar refractivity (Wildman–Crippen MR) is 177 cm³/mol. The lowest BCUT2D eigenvalue weighted by Crippen LogP contribution is -2.66. The highest BCUT2D eigenvalue weighted by Gasteiger charge is 2.50. The van der Waals surface area contributed by atoms with E-state index in [2.05, 4.69) is 107 Å². The fourth-order valence-electron chi connectivity index (χ4n) is 6.31. The molecule has 1 fully saturated rings. The maximum absolute atomic E-state index is 9.54. The van der Waals surface area contributed by atoms with Gasteiger partial charge in [0.2, 0.25) is 0 Å². The van der Waals surface area contributed by atoms with Crippen LogP contribution in [-0.2, 0) is 28.1 Å². The van der Waals surface area contributed by atoms with Crippen LogP contribution in [-0.4, -0.2) is 66.1 Å². The Morgan fingerprint density at radius 3 is 2.11 bits per heavy atom. The summed E-state index contributed by atoms with van der Waals surface area (Å²) in [6.07, 6.45) is 5.01. The molecule has 0 aromatic heterocycles. The van der Waals surface area contributed by atoms with Crippen molar-refractivity contribution in [2.45, 2.75) is 102 Å². The highest BCUT2D eigenvalue weighted by atomic mass is 28.4. The van der Waals surface area contributed by atoms with E-state index in [-0.39, 0.29) is 37.3 Å². The maximum atomic E-state index is 9.54. The number of hydrogen-bond donors (Lipinski definition) is 0. The molecular formula is C36H53NO6Si. The van der Waals surface area contributed by atoms with Crippen LogP contribution in [0.15, 0.2) is 72.3 Å². The van der Waals surface area contributed by atoms with Crippen molar-refractivity contribution < 1.29 is 28.1 Å². The van der Waals surface area contributed by atoms with Crippen molar-refractivity contribution in [3.8, 4) is 6.07 Å². The van der Waals surface area contributed by atoms with Gasteiger partial charge in [-0.05, 0) is 61.9 Å². The second kappa shape index (κ2) is 16.3. The second-order valence-electron chi connectivity index (χ2n) is 13.3. The molecule has 7 nitrogen and oxygen atoms in total. The fraction of sp³-hybridized carbons (Fsp3) is 0.583. The minimum atomic E-state index is -2.61. The molecule has 242 valence electrons. The van der Waals surface area contributed by atoms with Crippen LogP contribution in [0.25, 0.3) is 0 Å². The van der Waals surface area contributed by atoms with Gasteiger partial charge in [-0.15, -0.1) is 0 Å². The van der Waals surface area contributed by atoms with Crippen LogP contribution in [0.4, 0.5) is 0 Å². The number of benzene rings is 2. The van der Waals surface area contributed by atoms with Gasteiger partial charge in [0.25, 0.3) is 8.32 Å². The Bertz CT molecular complexity index is 1170. The number of allylic oxidation sites excluding steroid dienone is 1. The molecule has 2 aromatic rings. The van der Waals surface area contributed by atoms with E-state index >= 15 is 0 Å². The Labute approximate surface area is 266 Å². The van der Waals surface area contributed by atoms with E-state index in [0.29, 0.717) is 13.0 Å². The van der Waals surface area contributed by atoms with Crippen molar-refractivity contribution in [3.63, 3.8) is 0 Å². The summed E-state index contributed by atoms with van der Waals surface area (Å²) < 4.78 is 36.5. The zero-order valence-corrected chi connectivity index (χ0v) is 29.1. The zero-order chi connectivity index (χ0) is 32.3. The van der Waals surface area contributed by atoms with Crippen LogP contribution < -0.4 is 10.4 Å². The molecule has 0 saturated carbocycles. The Hall–Kier alpha value is -2.35. The lowest BCUT2D eigenvalue weighted by Gasteiger charge is -2.48. The van der Waals surface area contributed by atoms with Gasteiger partial charge in [0.1, 0.15) is 19.2 Å². The third kappa shape index (κ3) is 8.67. The number of rotatable bonds is 16. The van der Waals surface area contributed by atoms with E-state index in [4.69, 9.17) is 28.1 Å². The Morgan fingerprint density at radius 1 is 1.00 bits per heavy atom. The molecule has 0 amide bonds. The number of methoxy groups -OCH3 is 2. The quantitative estimate of drug-likeness (QED) is 0.120. The molecular weight excluding hydrogens is 570 g/mol. The third-order valence-electron chi connectivity index (χ3n) is 8.99. The van der Waals surface area contributed by atoms with Gasteiger partial charge in [0.05, 0.1) is 36.9 Å². The maximum Gasteiger partial charge on any atom is 0.261 e. The molecule has 44 heavy (non-hydrogen) atoms. The molecule has 0 N–H and O–H groups in total. The molecule has 3 rings (SSSR count). The summed E-state index contributed by atoms with van der Waals surface area (Å²) in [5.74, 6) is 0. The average molecular weight is 624 g/mol. The number of nitriles is 1. The minimum absolute atomic E-state index is 0.0795. The highest BCUT2D eigenvalue weighted by Crippen LogP contribution is 2.40. The molecule has 8 heteroatoms. The molecule has 0 aliphatic carbocycles. The predicted octanol–water partition coefficient (Wildman–Crippen LogP) is 6.51.